The van der Waals surface area contributed by atoms with E-state index in [4.69, 9.17) is 0 Å². The van der Waals surface area contributed by atoms with Crippen LogP contribution in [-0.2, 0) is 16.6 Å². The Hall–Kier alpha value is -2.28. The number of nitrogens with one attached hydrogen (secondary N) is 1. The topological polar surface area (TPSA) is 67.2 Å². The Bertz CT molecular complexity index is 921. The predicted molar refractivity (Wildman–Crippen MR) is 114 cm³/mol. The van der Waals surface area contributed by atoms with Gasteiger partial charge in [0, 0.05) is 29.7 Å². The van der Waals surface area contributed by atoms with E-state index in [1.807, 2.05) is 59.9 Å². The molecule has 1 saturated heterocycles. The third kappa shape index (κ3) is 3.81. The summed E-state index contributed by atoms with van der Waals surface area (Å²) in [5.74, 6) is 0.661. The van der Waals surface area contributed by atoms with E-state index < -0.39 is 6.04 Å². The molecule has 1 fully saturated rings. The largest absolute Gasteiger partial charge is 0.324 e. The van der Waals surface area contributed by atoms with E-state index in [1.165, 1.54) is 5.56 Å². The molecule has 1 aliphatic rings. The fraction of sp³-hybridized carbons (Fsp3) is 0.476. The Morgan fingerprint density at radius 2 is 1.93 bits per heavy atom. The highest BCUT2D eigenvalue weighted by Crippen LogP contribution is 2.30. The number of aromatic nitrogens is 2. The average molecular weight is 401 g/mol. The van der Waals surface area contributed by atoms with E-state index >= 15 is 0 Å². The minimum absolute atomic E-state index is 0.0237. The van der Waals surface area contributed by atoms with Crippen LogP contribution in [0.4, 0.5) is 5.69 Å². The first-order valence-electron chi connectivity index (χ1n) is 9.47. The minimum atomic E-state index is -0.459. The number of aryl methyl sites for hydroxylation is 4. The summed E-state index contributed by atoms with van der Waals surface area (Å²) in [6, 6.07) is 5.40. The van der Waals surface area contributed by atoms with Crippen LogP contribution in [0, 0.1) is 27.7 Å². The van der Waals surface area contributed by atoms with Gasteiger partial charge in [-0.2, -0.15) is 5.10 Å². The quantitative estimate of drug-likeness (QED) is 0.855. The maximum Gasteiger partial charge on any atom is 0.248 e. The first kappa shape index (κ1) is 20.5. The number of carbonyl (C=O) groups is 2. The smallest absolute Gasteiger partial charge is 0.248 e. The standard InChI is InChI=1S/C21H28N4O2S/c1-12-7-8-17(9-13(12)2)22-20(26)18-10-28-11-25(18)21(27)14(3)19-15(4)23-24(6)16(19)5/h7-9,14,18H,10-11H2,1-6H3,(H,22,26)/t14-,18-/m0/s1. The van der Waals surface area contributed by atoms with Gasteiger partial charge in [-0.1, -0.05) is 6.07 Å². The van der Waals surface area contributed by atoms with Crippen molar-refractivity contribution in [3.8, 4) is 0 Å². The summed E-state index contributed by atoms with van der Waals surface area (Å²) >= 11 is 1.61. The Balaban J connectivity index is 1.76. The zero-order valence-corrected chi connectivity index (χ0v) is 18.2. The highest BCUT2D eigenvalue weighted by Gasteiger charge is 2.38. The molecule has 1 aromatic carbocycles. The number of hydrogen-bond acceptors (Lipinski definition) is 4. The van der Waals surface area contributed by atoms with Gasteiger partial charge in [0.2, 0.25) is 11.8 Å². The highest BCUT2D eigenvalue weighted by atomic mass is 32.2. The van der Waals surface area contributed by atoms with Gasteiger partial charge in [0.1, 0.15) is 6.04 Å². The number of carbonyl (C=O) groups excluding carboxylic acids is 2. The first-order valence-corrected chi connectivity index (χ1v) is 10.6. The maximum absolute atomic E-state index is 13.2. The second-order valence-corrected chi connectivity index (χ2v) is 8.54. The van der Waals surface area contributed by atoms with Crippen molar-refractivity contribution >= 4 is 29.3 Å². The average Bonchev–Trinajstić information content (AvgIpc) is 3.22. The lowest BCUT2D eigenvalue weighted by Gasteiger charge is -2.26. The molecule has 6 nitrogen and oxygen atoms in total. The Labute approximate surface area is 170 Å². The van der Waals surface area contributed by atoms with Gasteiger partial charge in [-0.15, -0.1) is 11.8 Å². The molecule has 0 unspecified atom stereocenters. The highest BCUT2D eigenvalue weighted by molar-refractivity contribution is 7.99. The van der Waals surface area contributed by atoms with Crippen LogP contribution in [0.15, 0.2) is 18.2 Å². The predicted octanol–water partition coefficient (Wildman–Crippen LogP) is 3.30. The lowest BCUT2D eigenvalue weighted by molar-refractivity contribution is -0.137. The first-order chi connectivity index (χ1) is 13.2. The van der Waals surface area contributed by atoms with E-state index in [0.29, 0.717) is 11.6 Å². The molecule has 1 aliphatic heterocycles. The Morgan fingerprint density at radius 3 is 2.54 bits per heavy atom. The fourth-order valence-corrected chi connectivity index (χ4v) is 4.87. The molecule has 150 valence electrons. The van der Waals surface area contributed by atoms with Gasteiger partial charge in [-0.3, -0.25) is 14.3 Å². The van der Waals surface area contributed by atoms with E-state index in [-0.39, 0.29) is 17.7 Å². The van der Waals surface area contributed by atoms with Crippen molar-refractivity contribution < 1.29 is 9.59 Å². The van der Waals surface area contributed by atoms with Crippen LogP contribution in [0.2, 0.25) is 0 Å². The molecule has 7 heteroatoms. The molecule has 2 amide bonds. The van der Waals surface area contributed by atoms with E-state index in [0.717, 1.165) is 28.2 Å². The van der Waals surface area contributed by atoms with Gasteiger partial charge in [-0.05, 0) is 57.9 Å². The molecule has 2 aromatic rings. The van der Waals surface area contributed by atoms with Crippen molar-refractivity contribution in [3.63, 3.8) is 0 Å². The zero-order valence-electron chi connectivity index (χ0n) is 17.4. The molecular formula is C21H28N4O2S. The lowest BCUT2D eigenvalue weighted by Crippen LogP contribution is -2.46. The number of thioether (sulfide) groups is 1. The second-order valence-electron chi connectivity index (χ2n) is 7.54. The summed E-state index contributed by atoms with van der Waals surface area (Å²) < 4.78 is 1.80. The Morgan fingerprint density at radius 1 is 1.21 bits per heavy atom. The second kappa shape index (κ2) is 7.99. The van der Waals surface area contributed by atoms with Crippen LogP contribution < -0.4 is 5.32 Å². The molecule has 1 N–H and O–H groups in total. The molecule has 2 heterocycles. The summed E-state index contributed by atoms with van der Waals surface area (Å²) in [7, 11) is 1.88. The molecule has 0 radical (unpaired) electrons. The minimum Gasteiger partial charge on any atom is -0.324 e. The number of anilines is 1. The molecule has 0 bridgehead atoms. The van der Waals surface area contributed by atoms with Crippen molar-refractivity contribution in [2.24, 2.45) is 7.05 Å². The molecule has 0 aliphatic carbocycles. The number of benzene rings is 1. The maximum atomic E-state index is 13.2. The molecule has 1 aromatic heterocycles. The third-order valence-corrected chi connectivity index (χ3v) is 6.62. The van der Waals surface area contributed by atoms with Gasteiger partial charge >= 0.3 is 0 Å². The molecule has 0 spiro atoms. The van der Waals surface area contributed by atoms with Crippen molar-refractivity contribution in [2.45, 2.75) is 46.6 Å². The van der Waals surface area contributed by atoms with Gasteiger partial charge < -0.3 is 10.2 Å². The Kier molecular flexibility index (Phi) is 5.84. The molecule has 3 rings (SSSR count). The summed E-state index contributed by atoms with van der Waals surface area (Å²) in [5, 5.41) is 7.41. The monoisotopic (exact) mass is 400 g/mol. The van der Waals surface area contributed by atoms with Crippen LogP contribution >= 0.6 is 11.8 Å². The fourth-order valence-electron chi connectivity index (χ4n) is 3.71. The SMILES string of the molecule is Cc1ccc(NC(=O)[C@@H]2CSCN2C(=O)[C@@H](C)c2c(C)nn(C)c2C)cc1C. The van der Waals surface area contributed by atoms with Crippen LogP contribution in [0.5, 0.6) is 0 Å². The van der Waals surface area contributed by atoms with Gasteiger partial charge in [-0.25, -0.2) is 0 Å². The van der Waals surface area contributed by atoms with E-state index in [1.54, 1.807) is 21.3 Å². The van der Waals surface area contributed by atoms with E-state index in [9.17, 15) is 9.59 Å². The van der Waals surface area contributed by atoms with Crippen molar-refractivity contribution in [2.75, 3.05) is 16.9 Å². The number of hydrogen-bond donors (Lipinski definition) is 1. The van der Waals surface area contributed by atoms with E-state index in [2.05, 4.69) is 10.4 Å². The van der Waals surface area contributed by atoms with Crippen LogP contribution in [0.25, 0.3) is 0 Å². The molecule has 0 saturated carbocycles. The van der Waals surface area contributed by atoms with Crippen molar-refractivity contribution in [3.05, 3.63) is 46.3 Å². The van der Waals surface area contributed by atoms with Crippen LogP contribution in [-0.4, -0.2) is 44.2 Å². The summed E-state index contributed by atoms with van der Waals surface area (Å²) in [4.78, 5) is 27.8. The van der Waals surface area contributed by atoms with Crippen molar-refractivity contribution in [1.82, 2.24) is 14.7 Å². The van der Waals surface area contributed by atoms with Gasteiger partial charge in [0.15, 0.2) is 0 Å². The molecule has 2 atom stereocenters. The number of amides is 2. The summed E-state index contributed by atoms with van der Waals surface area (Å²) in [6.45, 7) is 9.86. The van der Waals surface area contributed by atoms with Gasteiger partial charge in [0.25, 0.3) is 0 Å². The summed E-state index contributed by atoms with van der Waals surface area (Å²) in [5.41, 5.74) is 5.89. The molecule has 28 heavy (non-hydrogen) atoms. The lowest BCUT2D eigenvalue weighted by atomic mass is 9.97. The number of nitrogens with zero attached hydrogens (tertiary/aromatic N) is 3. The van der Waals surface area contributed by atoms with Gasteiger partial charge in [0.05, 0.1) is 17.5 Å². The third-order valence-electron chi connectivity index (χ3n) is 5.61. The van der Waals surface area contributed by atoms with Crippen LogP contribution in [0.3, 0.4) is 0 Å². The zero-order chi connectivity index (χ0) is 20.6. The number of rotatable bonds is 4. The normalized spacial score (nSPS) is 17.6. The van der Waals surface area contributed by atoms with Crippen molar-refractivity contribution in [1.29, 1.82) is 0 Å². The van der Waals surface area contributed by atoms with Crippen LogP contribution in [0.1, 0.15) is 40.9 Å². The summed E-state index contributed by atoms with van der Waals surface area (Å²) in [6.07, 6.45) is 0. The molecular weight excluding hydrogens is 372 g/mol.